The SMILES string of the molecule is O=C(CCc1ncc(-c2ccccc2Cl)o1)N1CCN(c2ccccc2)CC1. The number of hydrogen-bond donors (Lipinski definition) is 0. The number of carbonyl (C=O) groups is 1. The Balaban J connectivity index is 1.29. The number of piperazine rings is 1. The minimum Gasteiger partial charge on any atom is -0.441 e. The lowest BCUT2D eigenvalue weighted by Gasteiger charge is -2.36. The van der Waals surface area contributed by atoms with Crippen molar-refractivity contribution in [1.29, 1.82) is 0 Å². The van der Waals surface area contributed by atoms with Gasteiger partial charge < -0.3 is 14.2 Å². The molecular formula is C22H22ClN3O2. The van der Waals surface area contributed by atoms with Crippen LogP contribution in [0.1, 0.15) is 12.3 Å². The number of oxazole rings is 1. The van der Waals surface area contributed by atoms with Crippen LogP contribution in [0.3, 0.4) is 0 Å². The van der Waals surface area contributed by atoms with Crippen LogP contribution in [0.15, 0.2) is 65.2 Å². The van der Waals surface area contributed by atoms with Crippen LogP contribution >= 0.6 is 11.6 Å². The maximum atomic E-state index is 12.6. The van der Waals surface area contributed by atoms with E-state index in [4.69, 9.17) is 16.0 Å². The van der Waals surface area contributed by atoms with Gasteiger partial charge in [-0.05, 0) is 24.3 Å². The Morgan fingerprint density at radius 2 is 1.71 bits per heavy atom. The molecule has 6 heteroatoms. The number of para-hydroxylation sites is 1. The summed E-state index contributed by atoms with van der Waals surface area (Å²) in [4.78, 5) is 21.1. The molecule has 1 aromatic heterocycles. The highest BCUT2D eigenvalue weighted by molar-refractivity contribution is 6.33. The number of rotatable bonds is 5. The zero-order valence-electron chi connectivity index (χ0n) is 15.6. The predicted molar refractivity (Wildman–Crippen MR) is 111 cm³/mol. The summed E-state index contributed by atoms with van der Waals surface area (Å²) in [6, 6.07) is 17.8. The Bertz CT molecular complexity index is 934. The lowest BCUT2D eigenvalue weighted by atomic mass is 10.2. The zero-order chi connectivity index (χ0) is 19.3. The second-order valence-electron chi connectivity index (χ2n) is 6.80. The summed E-state index contributed by atoms with van der Waals surface area (Å²) in [5.41, 5.74) is 2.02. The average Bonchev–Trinajstić information content (AvgIpc) is 3.22. The van der Waals surface area contributed by atoms with E-state index in [1.165, 1.54) is 5.69 Å². The van der Waals surface area contributed by atoms with Crippen molar-refractivity contribution in [3.05, 3.63) is 71.7 Å². The van der Waals surface area contributed by atoms with Crippen molar-refractivity contribution in [2.75, 3.05) is 31.1 Å². The first kappa shape index (κ1) is 18.6. The van der Waals surface area contributed by atoms with E-state index in [-0.39, 0.29) is 5.91 Å². The van der Waals surface area contributed by atoms with Gasteiger partial charge in [-0.1, -0.05) is 41.9 Å². The smallest absolute Gasteiger partial charge is 0.223 e. The molecule has 0 spiro atoms. The van der Waals surface area contributed by atoms with E-state index in [1.807, 2.05) is 47.4 Å². The highest BCUT2D eigenvalue weighted by atomic mass is 35.5. The molecule has 0 saturated carbocycles. The lowest BCUT2D eigenvalue weighted by Crippen LogP contribution is -2.48. The number of hydrogen-bond acceptors (Lipinski definition) is 4. The maximum Gasteiger partial charge on any atom is 0.223 e. The van der Waals surface area contributed by atoms with Crippen LogP contribution in [-0.2, 0) is 11.2 Å². The highest BCUT2D eigenvalue weighted by Gasteiger charge is 2.21. The van der Waals surface area contributed by atoms with Crippen molar-refractivity contribution in [2.24, 2.45) is 0 Å². The Labute approximate surface area is 169 Å². The molecule has 0 atom stereocenters. The van der Waals surface area contributed by atoms with Crippen LogP contribution in [0, 0.1) is 0 Å². The maximum absolute atomic E-state index is 12.6. The number of halogens is 1. The van der Waals surface area contributed by atoms with Crippen LogP contribution < -0.4 is 4.90 Å². The molecule has 2 heterocycles. The molecule has 3 aromatic rings. The van der Waals surface area contributed by atoms with E-state index in [1.54, 1.807) is 6.20 Å². The third kappa shape index (κ3) is 4.20. The van der Waals surface area contributed by atoms with E-state index in [9.17, 15) is 4.79 Å². The van der Waals surface area contributed by atoms with Crippen LogP contribution in [0.5, 0.6) is 0 Å². The molecule has 1 fully saturated rings. The van der Waals surface area contributed by atoms with Crippen LogP contribution in [0.25, 0.3) is 11.3 Å². The summed E-state index contributed by atoms with van der Waals surface area (Å²) in [6.07, 6.45) is 2.55. The summed E-state index contributed by atoms with van der Waals surface area (Å²) in [6.45, 7) is 3.19. The van der Waals surface area contributed by atoms with Crippen LogP contribution in [0.4, 0.5) is 5.69 Å². The van der Waals surface area contributed by atoms with Gasteiger partial charge in [0.15, 0.2) is 11.7 Å². The van der Waals surface area contributed by atoms with Gasteiger partial charge in [-0.3, -0.25) is 4.79 Å². The topological polar surface area (TPSA) is 49.6 Å². The van der Waals surface area contributed by atoms with Gasteiger partial charge >= 0.3 is 0 Å². The fourth-order valence-electron chi connectivity index (χ4n) is 3.44. The molecule has 1 amide bonds. The molecule has 0 unspecified atom stereocenters. The molecule has 0 aliphatic carbocycles. The quantitative estimate of drug-likeness (QED) is 0.647. The van der Waals surface area contributed by atoms with Gasteiger partial charge in [-0.15, -0.1) is 0 Å². The third-order valence-electron chi connectivity index (χ3n) is 5.00. The molecular weight excluding hydrogens is 374 g/mol. The van der Waals surface area contributed by atoms with Crippen molar-refractivity contribution in [3.63, 3.8) is 0 Å². The minimum atomic E-state index is 0.144. The molecule has 144 valence electrons. The fraction of sp³-hybridized carbons (Fsp3) is 0.273. The highest BCUT2D eigenvalue weighted by Crippen LogP contribution is 2.28. The molecule has 0 N–H and O–H groups in total. The van der Waals surface area contributed by atoms with Gasteiger partial charge in [0, 0.05) is 50.3 Å². The molecule has 2 aromatic carbocycles. The molecule has 1 saturated heterocycles. The number of anilines is 1. The summed E-state index contributed by atoms with van der Waals surface area (Å²) >= 11 is 6.20. The standard InChI is InChI=1S/C22H22ClN3O2/c23-19-9-5-4-8-18(19)20-16-24-21(28-20)10-11-22(27)26-14-12-25(13-15-26)17-6-2-1-3-7-17/h1-9,16H,10-15H2. The molecule has 4 rings (SSSR count). The largest absolute Gasteiger partial charge is 0.441 e. The number of nitrogens with zero attached hydrogens (tertiary/aromatic N) is 3. The van der Waals surface area contributed by atoms with E-state index in [0.29, 0.717) is 29.5 Å². The third-order valence-corrected chi connectivity index (χ3v) is 5.33. The predicted octanol–water partition coefficient (Wildman–Crippen LogP) is 4.28. The molecule has 28 heavy (non-hydrogen) atoms. The average molecular weight is 396 g/mol. The Morgan fingerprint density at radius 1 is 1.00 bits per heavy atom. The van der Waals surface area contributed by atoms with Gasteiger partial charge in [0.1, 0.15) is 0 Å². The van der Waals surface area contributed by atoms with Crippen molar-refractivity contribution < 1.29 is 9.21 Å². The summed E-state index contributed by atoms with van der Waals surface area (Å²) in [7, 11) is 0. The van der Waals surface area contributed by atoms with Crippen molar-refractivity contribution in [3.8, 4) is 11.3 Å². The van der Waals surface area contributed by atoms with Gasteiger partial charge in [0.25, 0.3) is 0 Å². The van der Waals surface area contributed by atoms with Crippen molar-refractivity contribution >= 4 is 23.2 Å². The number of amides is 1. The number of benzene rings is 2. The second kappa shape index (κ2) is 8.48. The normalized spacial score (nSPS) is 14.3. The number of aromatic nitrogens is 1. The Kier molecular flexibility index (Phi) is 5.63. The molecule has 1 aliphatic rings. The van der Waals surface area contributed by atoms with Crippen molar-refractivity contribution in [2.45, 2.75) is 12.8 Å². The van der Waals surface area contributed by atoms with E-state index < -0.39 is 0 Å². The molecule has 0 bridgehead atoms. The molecule has 5 nitrogen and oxygen atoms in total. The Morgan fingerprint density at radius 3 is 2.46 bits per heavy atom. The minimum absolute atomic E-state index is 0.144. The van der Waals surface area contributed by atoms with E-state index in [0.717, 1.165) is 31.7 Å². The molecule has 0 radical (unpaired) electrons. The number of aryl methyl sites for hydroxylation is 1. The van der Waals surface area contributed by atoms with Gasteiger partial charge in [-0.25, -0.2) is 4.98 Å². The fourth-order valence-corrected chi connectivity index (χ4v) is 3.67. The summed E-state index contributed by atoms with van der Waals surface area (Å²) in [5, 5.41) is 0.623. The lowest BCUT2D eigenvalue weighted by molar-refractivity contribution is -0.131. The summed E-state index contributed by atoms with van der Waals surface area (Å²) in [5.74, 6) is 1.33. The Hall–Kier alpha value is -2.79. The van der Waals surface area contributed by atoms with Crippen LogP contribution in [0.2, 0.25) is 5.02 Å². The number of carbonyl (C=O) groups excluding carboxylic acids is 1. The van der Waals surface area contributed by atoms with Gasteiger partial charge in [0.05, 0.1) is 11.2 Å². The molecule has 1 aliphatic heterocycles. The van der Waals surface area contributed by atoms with Gasteiger partial charge in [0.2, 0.25) is 5.91 Å². The second-order valence-corrected chi connectivity index (χ2v) is 7.21. The first-order valence-electron chi connectivity index (χ1n) is 9.48. The summed E-state index contributed by atoms with van der Waals surface area (Å²) < 4.78 is 5.79. The first-order valence-corrected chi connectivity index (χ1v) is 9.86. The van der Waals surface area contributed by atoms with Gasteiger partial charge in [-0.2, -0.15) is 0 Å². The van der Waals surface area contributed by atoms with E-state index >= 15 is 0 Å². The van der Waals surface area contributed by atoms with E-state index in [2.05, 4.69) is 22.0 Å². The van der Waals surface area contributed by atoms with Crippen molar-refractivity contribution in [1.82, 2.24) is 9.88 Å². The first-order chi connectivity index (χ1) is 13.7. The van der Waals surface area contributed by atoms with Crippen LogP contribution in [-0.4, -0.2) is 42.0 Å². The monoisotopic (exact) mass is 395 g/mol. The zero-order valence-corrected chi connectivity index (χ0v) is 16.3.